The van der Waals surface area contributed by atoms with Gasteiger partial charge in [-0.25, -0.2) is 0 Å². The molecule has 0 unspecified atom stereocenters. The molecule has 0 atom stereocenters. The maximum absolute atomic E-state index is 12.1. The van der Waals surface area contributed by atoms with Gasteiger partial charge in [0, 0.05) is 18.8 Å². The molecule has 0 radical (unpaired) electrons. The van der Waals surface area contributed by atoms with Crippen LogP contribution in [0, 0.1) is 17.0 Å². The molecule has 0 aliphatic heterocycles. The molecule has 0 spiro atoms. The second kappa shape index (κ2) is 4.93. The van der Waals surface area contributed by atoms with Crippen LogP contribution in [-0.4, -0.2) is 15.4 Å². The Morgan fingerprint density at radius 2 is 2.05 bits per heavy atom. The predicted octanol–water partition coefficient (Wildman–Crippen LogP) is 2.49. The van der Waals surface area contributed by atoms with Gasteiger partial charge in [-0.1, -0.05) is 18.2 Å². The third-order valence-electron chi connectivity index (χ3n) is 2.83. The number of amides is 1. The maximum atomic E-state index is 12.1. The van der Waals surface area contributed by atoms with Crippen LogP contribution in [0.5, 0.6) is 0 Å². The fourth-order valence-electron chi connectivity index (χ4n) is 1.77. The van der Waals surface area contributed by atoms with Crippen LogP contribution >= 0.6 is 0 Å². The normalized spacial score (nSPS) is 10.2. The summed E-state index contributed by atoms with van der Waals surface area (Å²) in [5.74, 6) is -0.370. The molecule has 0 aliphatic carbocycles. The number of aromatic nitrogens is 1. The molecule has 0 aliphatic rings. The van der Waals surface area contributed by atoms with Crippen molar-refractivity contribution >= 4 is 17.3 Å². The van der Waals surface area contributed by atoms with Crippen molar-refractivity contribution in [3.05, 3.63) is 57.9 Å². The second-order valence-electron chi connectivity index (χ2n) is 4.22. The molecular weight excluding hydrogens is 246 g/mol. The number of nitrogens with zero attached hydrogens (tertiary/aromatic N) is 2. The number of hydrogen-bond donors (Lipinski definition) is 1. The molecule has 1 aromatic heterocycles. The summed E-state index contributed by atoms with van der Waals surface area (Å²) in [7, 11) is 1.60. The third kappa shape index (κ3) is 2.62. The smallest absolute Gasteiger partial charge is 0.287 e. The number of hydrogen-bond acceptors (Lipinski definition) is 3. The minimum Gasteiger partial charge on any atom is -0.340 e. The van der Waals surface area contributed by atoms with Crippen molar-refractivity contribution in [2.75, 3.05) is 5.32 Å². The first kappa shape index (κ1) is 12.8. The fourth-order valence-corrected chi connectivity index (χ4v) is 1.77. The van der Waals surface area contributed by atoms with Crippen molar-refractivity contribution < 1.29 is 9.72 Å². The molecule has 98 valence electrons. The fraction of sp³-hybridized carbons (Fsp3) is 0.154. The molecule has 0 saturated carbocycles. The van der Waals surface area contributed by atoms with E-state index in [1.807, 2.05) is 25.1 Å². The highest BCUT2D eigenvalue weighted by Gasteiger charge is 2.17. The molecule has 0 bridgehead atoms. The molecule has 19 heavy (non-hydrogen) atoms. The zero-order valence-electron chi connectivity index (χ0n) is 10.6. The summed E-state index contributed by atoms with van der Waals surface area (Å²) in [6.07, 6.45) is 1.31. The van der Waals surface area contributed by atoms with Gasteiger partial charge >= 0.3 is 0 Å². The van der Waals surface area contributed by atoms with Crippen LogP contribution in [0.15, 0.2) is 36.5 Å². The summed E-state index contributed by atoms with van der Waals surface area (Å²) in [5.41, 5.74) is 1.77. The van der Waals surface area contributed by atoms with Crippen LogP contribution in [0.3, 0.4) is 0 Å². The van der Waals surface area contributed by atoms with E-state index >= 15 is 0 Å². The van der Waals surface area contributed by atoms with Crippen LogP contribution in [0.1, 0.15) is 16.1 Å². The Balaban J connectivity index is 2.26. The highest BCUT2D eigenvalue weighted by atomic mass is 16.6. The molecule has 0 saturated heterocycles. The standard InChI is InChI=1S/C13H13N3O3/c1-9-5-3-4-6-11(9)14-13(17)12-7-10(16(18)19)8-15(12)2/h3-8H,1-2H3,(H,14,17). The third-order valence-corrected chi connectivity index (χ3v) is 2.83. The summed E-state index contributed by atoms with van der Waals surface area (Å²) in [4.78, 5) is 22.2. The van der Waals surface area contributed by atoms with Gasteiger partial charge in [0.15, 0.2) is 0 Å². The molecule has 6 nitrogen and oxygen atoms in total. The van der Waals surface area contributed by atoms with Crippen molar-refractivity contribution in [3.63, 3.8) is 0 Å². The monoisotopic (exact) mass is 259 g/mol. The molecule has 2 aromatic rings. The molecule has 1 heterocycles. The number of nitro groups is 1. The van der Waals surface area contributed by atoms with Crippen LogP contribution in [-0.2, 0) is 7.05 Å². The van der Waals surface area contributed by atoms with Gasteiger partial charge in [0.2, 0.25) is 0 Å². The summed E-state index contributed by atoms with van der Waals surface area (Å²) in [5, 5.41) is 13.4. The number of benzene rings is 1. The highest BCUT2D eigenvalue weighted by molar-refractivity contribution is 6.04. The SMILES string of the molecule is Cc1ccccc1NC(=O)c1cc([N+](=O)[O-])cn1C. The van der Waals surface area contributed by atoms with E-state index in [1.54, 1.807) is 13.1 Å². The van der Waals surface area contributed by atoms with E-state index in [0.717, 1.165) is 5.56 Å². The topological polar surface area (TPSA) is 77.2 Å². The highest BCUT2D eigenvalue weighted by Crippen LogP contribution is 2.18. The number of para-hydroxylation sites is 1. The van der Waals surface area contributed by atoms with Crippen LogP contribution < -0.4 is 5.32 Å². The number of anilines is 1. The Bertz CT molecular complexity index is 646. The first-order chi connectivity index (χ1) is 8.99. The summed E-state index contributed by atoms with van der Waals surface area (Å²) < 4.78 is 1.44. The van der Waals surface area contributed by atoms with Gasteiger partial charge in [0.1, 0.15) is 5.69 Å². The van der Waals surface area contributed by atoms with Gasteiger partial charge in [0.05, 0.1) is 11.1 Å². The van der Waals surface area contributed by atoms with Gasteiger partial charge in [-0.15, -0.1) is 0 Å². The lowest BCUT2D eigenvalue weighted by Gasteiger charge is -2.08. The van der Waals surface area contributed by atoms with E-state index in [0.29, 0.717) is 5.69 Å². The molecule has 6 heteroatoms. The molecule has 2 rings (SSSR count). The summed E-state index contributed by atoms with van der Waals surface area (Å²) in [6.45, 7) is 1.88. The summed E-state index contributed by atoms with van der Waals surface area (Å²) >= 11 is 0. The van der Waals surface area contributed by atoms with Gasteiger partial charge < -0.3 is 9.88 Å². The predicted molar refractivity (Wildman–Crippen MR) is 71.2 cm³/mol. The van der Waals surface area contributed by atoms with Crippen molar-refractivity contribution in [2.45, 2.75) is 6.92 Å². The van der Waals surface area contributed by atoms with Gasteiger partial charge in [0.25, 0.3) is 11.6 Å². The number of carbonyl (C=O) groups excluding carboxylic acids is 1. The maximum Gasteiger partial charge on any atom is 0.287 e. The van der Waals surface area contributed by atoms with Crippen molar-refractivity contribution in [1.29, 1.82) is 0 Å². The van der Waals surface area contributed by atoms with E-state index in [-0.39, 0.29) is 17.3 Å². The Labute approximate surface area is 109 Å². The Hall–Kier alpha value is -2.63. The number of carbonyl (C=O) groups is 1. The molecule has 1 N–H and O–H groups in total. The first-order valence-electron chi connectivity index (χ1n) is 5.67. The zero-order chi connectivity index (χ0) is 14.0. The quantitative estimate of drug-likeness (QED) is 0.679. The lowest BCUT2D eigenvalue weighted by Crippen LogP contribution is -2.15. The number of aryl methyl sites for hydroxylation is 2. The van der Waals surface area contributed by atoms with Gasteiger partial charge in [-0.3, -0.25) is 14.9 Å². The Kier molecular flexibility index (Phi) is 3.33. The molecule has 1 amide bonds. The Morgan fingerprint density at radius 1 is 1.37 bits per heavy atom. The van der Waals surface area contributed by atoms with E-state index in [4.69, 9.17) is 0 Å². The summed E-state index contributed by atoms with van der Waals surface area (Å²) in [6, 6.07) is 8.61. The van der Waals surface area contributed by atoms with Crippen molar-refractivity contribution in [2.24, 2.45) is 7.05 Å². The minimum atomic E-state index is -0.523. The van der Waals surface area contributed by atoms with Crippen LogP contribution in [0.2, 0.25) is 0 Å². The van der Waals surface area contributed by atoms with E-state index in [9.17, 15) is 14.9 Å². The van der Waals surface area contributed by atoms with Gasteiger partial charge in [-0.2, -0.15) is 0 Å². The van der Waals surface area contributed by atoms with Crippen molar-refractivity contribution in [1.82, 2.24) is 4.57 Å². The van der Waals surface area contributed by atoms with Crippen molar-refractivity contribution in [3.8, 4) is 0 Å². The first-order valence-corrected chi connectivity index (χ1v) is 5.67. The minimum absolute atomic E-state index is 0.0996. The Morgan fingerprint density at radius 3 is 2.63 bits per heavy atom. The molecule has 1 aromatic carbocycles. The zero-order valence-corrected chi connectivity index (χ0v) is 10.6. The van der Waals surface area contributed by atoms with E-state index in [1.165, 1.54) is 16.8 Å². The molecular formula is C13H13N3O3. The van der Waals surface area contributed by atoms with Crippen LogP contribution in [0.4, 0.5) is 11.4 Å². The lowest BCUT2D eigenvalue weighted by atomic mass is 10.2. The average molecular weight is 259 g/mol. The number of rotatable bonds is 3. The van der Waals surface area contributed by atoms with E-state index < -0.39 is 4.92 Å². The van der Waals surface area contributed by atoms with Crippen LogP contribution in [0.25, 0.3) is 0 Å². The lowest BCUT2D eigenvalue weighted by molar-refractivity contribution is -0.384. The molecule has 0 fully saturated rings. The average Bonchev–Trinajstić information content (AvgIpc) is 2.74. The second-order valence-corrected chi connectivity index (χ2v) is 4.22. The van der Waals surface area contributed by atoms with Gasteiger partial charge in [-0.05, 0) is 18.6 Å². The largest absolute Gasteiger partial charge is 0.340 e. The number of nitrogens with one attached hydrogen (secondary N) is 1. The van der Waals surface area contributed by atoms with E-state index in [2.05, 4.69) is 5.32 Å².